The summed E-state index contributed by atoms with van der Waals surface area (Å²) in [6.07, 6.45) is 8.26. The van der Waals surface area contributed by atoms with Crippen LogP contribution in [0.15, 0.2) is 28.5 Å². The molecule has 0 saturated carbocycles. The number of hydrogen-bond donors (Lipinski definition) is 1. The molecule has 0 fully saturated rings. The van der Waals surface area contributed by atoms with Crippen LogP contribution in [0.2, 0.25) is 0 Å². The molecule has 0 aromatic carbocycles. The van der Waals surface area contributed by atoms with Gasteiger partial charge in [0.2, 0.25) is 0 Å². The van der Waals surface area contributed by atoms with Crippen LogP contribution in [0.1, 0.15) is 12.8 Å². The monoisotopic (exact) mass is 134 g/mol. The van der Waals surface area contributed by atoms with Crippen molar-refractivity contribution in [2.45, 2.75) is 12.8 Å². The summed E-state index contributed by atoms with van der Waals surface area (Å²) in [6.45, 7) is 1.05. The maximum absolute atomic E-state index is 4.31. The van der Waals surface area contributed by atoms with Crippen molar-refractivity contribution in [2.75, 3.05) is 6.54 Å². The molecule has 0 atom stereocenters. The first-order chi connectivity index (χ1) is 4.97. The maximum atomic E-state index is 4.31. The van der Waals surface area contributed by atoms with Crippen molar-refractivity contribution in [1.82, 2.24) is 5.32 Å². The van der Waals surface area contributed by atoms with Crippen LogP contribution in [-0.2, 0) is 0 Å². The molecule has 0 spiro atoms. The van der Waals surface area contributed by atoms with E-state index in [1.807, 2.05) is 6.21 Å². The summed E-state index contributed by atoms with van der Waals surface area (Å²) < 4.78 is 0. The summed E-state index contributed by atoms with van der Waals surface area (Å²) >= 11 is 0. The quantitative estimate of drug-likeness (QED) is 0.529. The van der Waals surface area contributed by atoms with Crippen LogP contribution in [0.25, 0.3) is 0 Å². The second-order valence-electron chi connectivity index (χ2n) is 2.49. The van der Waals surface area contributed by atoms with Crippen LogP contribution in [0.3, 0.4) is 0 Å². The summed E-state index contributed by atoms with van der Waals surface area (Å²) in [7, 11) is 0. The molecule has 52 valence electrons. The number of rotatable bonds is 0. The van der Waals surface area contributed by atoms with E-state index < -0.39 is 0 Å². The summed E-state index contributed by atoms with van der Waals surface area (Å²) in [4.78, 5) is 4.31. The van der Waals surface area contributed by atoms with Gasteiger partial charge in [-0.05, 0) is 6.08 Å². The zero-order valence-corrected chi connectivity index (χ0v) is 5.80. The van der Waals surface area contributed by atoms with Gasteiger partial charge in [-0.1, -0.05) is 6.08 Å². The minimum absolute atomic E-state index is 0.967. The smallest absolute Gasteiger partial charge is 0.0648 e. The van der Waals surface area contributed by atoms with Gasteiger partial charge in [0.25, 0.3) is 0 Å². The lowest BCUT2D eigenvalue weighted by atomic mass is 10.3. The minimum Gasteiger partial charge on any atom is -0.383 e. The fourth-order valence-corrected chi connectivity index (χ4v) is 1.25. The lowest BCUT2D eigenvalue weighted by molar-refractivity contribution is 0.883. The van der Waals surface area contributed by atoms with Crippen molar-refractivity contribution in [3.05, 3.63) is 23.5 Å². The number of hydrogen-bond acceptors (Lipinski definition) is 2. The zero-order valence-electron chi connectivity index (χ0n) is 5.80. The third kappa shape index (κ3) is 0.856. The van der Waals surface area contributed by atoms with Crippen LogP contribution in [0, 0.1) is 0 Å². The summed E-state index contributed by atoms with van der Waals surface area (Å²) in [6, 6.07) is 0. The highest BCUT2D eigenvalue weighted by Gasteiger charge is 2.10. The Balaban J connectivity index is 2.34. The van der Waals surface area contributed by atoms with Crippen LogP contribution in [0.5, 0.6) is 0 Å². The SMILES string of the molecule is C1=CC2=C(CCN2)N=CC1. The van der Waals surface area contributed by atoms with E-state index in [4.69, 9.17) is 0 Å². The third-order valence-electron chi connectivity index (χ3n) is 1.76. The molecule has 0 aliphatic carbocycles. The van der Waals surface area contributed by atoms with E-state index in [2.05, 4.69) is 22.5 Å². The molecule has 2 rings (SSSR count). The molecule has 0 saturated heterocycles. The van der Waals surface area contributed by atoms with Gasteiger partial charge in [-0.25, -0.2) is 0 Å². The predicted molar refractivity (Wildman–Crippen MR) is 41.9 cm³/mol. The van der Waals surface area contributed by atoms with Gasteiger partial charge < -0.3 is 5.32 Å². The number of nitrogens with zero attached hydrogens (tertiary/aromatic N) is 1. The molecule has 0 aromatic rings. The molecule has 2 aliphatic heterocycles. The van der Waals surface area contributed by atoms with Gasteiger partial charge >= 0.3 is 0 Å². The van der Waals surface area contributed by atoms with Crippen LogP contribution < -0.4 is 5.32 Å². The Morgan fingerprint density at radius 2 is 2.50 bits per heavy atom. The molecule has 0 radical (unpaired) electrons. The fraction of sp³-hybridized carbons (Fsp3) is 0.375. The third-order valence-corrected chi connectivity index (χ3v) is 1.76. The fourth-order valence-electron chi connectivity index (χ4n) is 1.25. The number of aliphatic imine (C=N–C) groups is 1. The maximum Gasteiger partial charge on any atom is 0.0648 e. The Labute approximate surface area is 60.3 Å². The molecular weight excluding hydrogens is 124 g/mol. The normalized spacial score (nSPS) is 22.4. The summed E-state index contributed by atoms with van der Waals surface area (Å²) in [5.74, 6) is 0. The second kappa shape index (κ2) is 2.29. The molecule has 10 heavy (non-hydrogen) atoms. The molecule has 2 heterocycles. The number of nitrogens with one attached hydrogen (secondary N) is 1. The van der Waals surface area contributed by atoms with Gasteiger partial charge in [0.1, 0.15) is 0 Å². The lowest BCUT2D eigenvalue weighted by Crippen LogP contribution is -2.04. The van der Waals surface area contributed by atoms with Crippen molar-refractivity contribution >= 4 is 6.21 Å². The van der Waals surface area contributed by atoms with Gasteiger partial charge in [-0.3, -0.25) is 4.99 Å². The van der Waals surface area contributed by atoms with Gasteiger partial charge in [-0.2, -0.15) is 0 Å². The highest BCUT2D eigenvalue weighted by molar-refractivity contribution is 5.63. The van der Waals surface area contributed by atoms with Crippen molar-refractivity contribution in [2.24, 2.45) is 4.99 Å². The van der Waals surface area contributed by atoms with Crippen molar-refractivity contribution < 1.29 is 0 Å². The largest absolute Gasteiger partial charge is 0.383 e. The van der Waals surface area contributed by atoms with E-state index in [1.54, 1.807) is 0 Å². The average Bonchev–Trinajstić information content (AvgIpc) is 2.28. The first-order valence-electron chi connectivity index (χ1n) is 3.63. The topological polar surface area (TPSA) is 24.4 Å². The second-order valence-corrected chi connectivity index (χ2v) is 2.49. The molecule has 2 heteroatoms. The molecule has 2 nitrogen and oxygen atoms in total. The van der Waals surface area contributed by atoms with Crippen molar-refractivity contribution in [3.8, 4) is 0 Å². The highest BCUT2D eigenvalue weighted by atomic mass is 15.0. The van der Waals surface area contributed by atoms with E-state index in [0.29, 0.717) is 0 Å². The highest BCUT2D eigenvalue weighted by Crippen LogP contribution is 2.17. The van der Waals surface area contributed by atoms with E-state index >= 15 is 0 Å². The van der Waals surface area contributed by atoms with Gasteiger partial charge in [0, 0.05) is 25.6 Å². The Kier molecular flexibility index (Phi) is 1.31. The Morgan fingerprint density at radius 1 is 1.50 bits per heavy atom. The minimum atomic E-state index is 0.967. The van der Waals surface area contributed by atoms with Crippen LogP contribution >= 0.6 is 0 Å². The van der Waals surface area contributed by atoms with Gasteiger partial charge in [0.05, 0.1) is 11.4 Å². The van der Waals surface area contributed by atoms with Crippen molar-refractivity contribution in [1.29, 1.82) is 0 Å². The average molecular weight is 134 g/mol. The predicted octanol–water partition coefficient (Wildman–Crippen LogP) is 1.22. The molecule has 0 aromatic heterocycles. The van der Waals surface area contributed by atoms with Gasteiger partial charge in [-0.15, -0.1) is 0 Å². The Morgan fingerprint density at radius 3 is 3.50 bits per heavy atom. The van der Waals surface area contributed by atoms with Crippen LogP contribution in [0.4, 0.5) is 0 Å². The molecule has 0 unspecified atom stereocenters. The standard InChI is InChI=1S/C8H10N2/c1-2-5-9-8-4-6-10-7(8)3-1/h1,3,5,10H,2,4,6H2. The molecule has 0 amide bonds. The van der Waals surface area contributed by atoms with E-state index in [9.17, 15) is 0 Å². The molecule has 2 aliphatic rings. The summed E-state index contributed by atoms with van der Waals surface area (Å²) in [5, 5.41) is 3.28. The Bertz CT molecular complexity index is 201. The van der Waals surface area contributed by atoms with E-state index in [-0.39, 0.29) is 0 Å². The zero-order chi connectivity index (χ0) is 6.81. The van der Waals surface area contributed by atoms with E-state index in [1.165, 1.54) is 11.4 Å². The Hall–Kier alpha value is -1.05. The molecule has 0 bridgehead atoms. The molecular formula is C8H10N2. The first kappa shape index (κ1) is 5.71. The number of allylic oxidation sites excluding steroid dienone is 2. The van der Waals surface area contributed by atoms with Gasteiger partial charge in [0.15, 0.2) is 0 Å². The molecule has 1 N–H and O–H groups in total. The van der Waals surface area contributed by atoms with E-state index in [0.717, 1.165) is 19.4 Å². The first-order valence-corrected chi connectivity index (χ1v) is 3.63. The van der Waals surface area contributed by atoms with Crippen LogP contribution in [-0.4, -0.2) is 12.8 Å². The van der Waals surface area contributed by atoms with Crippen molar-refractivity contribution in [3.63, 3.8) is 0 Å². The lowest BCUT2D eigenvalue weighted by Gasteiger charge is -1.93. The summed E-state index contributed by atoms with van der Waals surface area (Å²) in [5.41, 5.74) is 2.43.